The molecule has 2 N–H and O–H groups in total. The molecule has 0 aliphatic carbocycles. The third-order valence-corrected chi connectivity index (χ3v) is 3.88. The van der Waals surface area contributed by atoms with E-state index in [0.717, 1.165) is 31.5 Å². The van der Waals surface area contributed by atoms with Crippen molar-refractivity contribution in [1.82, 2.24) is 9.88 Å². The van der Waals surface area contributed by atoms with Crippen LogP contribution in [0.5, 0.6) is 0 Å². The van der Waals surface area contributed by atoms with E-state index in [2.05, 4.69) is 4.98 Å². The molecule has 0 atom stereocenters. The predicted octanol–water partition coefficient (Wildman–Crippen LogP) is 2.53. The van der Waals surface area contributed by atoms with Crippen LogP contribution in [0.3, 0.4) is 0 Å². The third-order valence-electron chi connectivity index (χ3n) is 3.88. The maximum Gasteiger partial charge on any atom is 0.258 e. The highest BCUT2D eigenvalue weighted by atomic mass is 16.2. The monoisotopic (exact) mass is 293 g/mol. The number of pyridine rings is 1. The number of aromatic nitrogens is 1. The summed E-state index contributed by atoms with van der Waals surface area (Å²) in [4.78, 5) is 19.1. The summed E-state index contributed by atoms with van der Waals surface area (Å²) >= 11 is 0. The van der Waals surface area contributed by atoms with Crippen LogP contribution in [-0.2, 0) is 4.79 Å². The summed E-state index contributed by atoms with van der Waals surface area (Å²) in [6.45, 7) is 1.58. The van der Waals surface area contributed by atoms with E-state index in [1.807, 2.05) is 53.4 Å². The normalized spacial score (nSPS) is 15.5. The highest BCUT2D eigenvalue weighted by molar-refractivity contribution is 6.26. The van der Waals surface area contributed by atoms with E-state index < -0.39 is 0 Å². The van der Waals surface area contributed by atoms with Gasteiger partial charge >= 0.3 is 0 Å². The van der Waals surface area contributed by atoms with Crippen molar-refractivity contribution in [3.63, 3.8) is 0 Å². The molecule has 0 radical (unpaired) electrons. The van der Waals surface area contributed by atoms with Crippen LogP contribution in [0.4, 0.5) is 0 Å². The Morgan fingerprint density at radius 2 is 1.68 bits per heavy atom. The fraction of sp³-hybridized carbons (Fsp3) is 0.222. The van der Waals surface area contributed by atoms with Crippen molar-refractivity contribution < 1.29 is 4.79 Å². The van der Waals surface area contributed by atoms with E-state index in [9.17, 15) is 4.79 Å². The lowest BCUT2D eigenvalue weighted by molar-refractivity contribution is -0.123. The molecule has 1 saturated heterocycles. The minimum atomic E-state index is -0.0300. The van der Waals surface area contributed by atoms with E-state index in [1.54, 1.807) is 6.20 Å². The summed E-state index contributed by atoms with van der Waals surface area (Å²) in [6, 6.07) is 15.1. The summed E-state index contributed by atoms with van der Waals surface area (Å²) in [5.41, 5.74) is 8.78. The van der Waals surface area contributed by atoms with Gasteiger partial charge in [-0.3, -0.25) is 9.78 Å². The molecule has 3 rings (SSSR count). The van der Waals surface area contributed by atoms with Crippen molar-refractivity contribution in [1.29, 1.82) is 0 Å². The van der Waals surface area contributed by atoms with Crippen molar-refractivity contribution in [3.05, 3.63) is 66.0 Å². The average molecular weight is 293 g/mol. The molecule has 1 amide bonds. The van der Waals surface area contributed by atoms with Crippen LogP contribution in [0.1, 0.15) is 24.1 Å². The van der Waals surface area contributed by atoms with E-state index in [0.29, 0.717) is 17.0 Å². The molecule has 0 unspecified atom stereocenters. The standard InChI is InChI=1S/C18H19N3O/c19-17(14-8-2-1-3-9-14)16(15-10-4-5-11-20-15)18(22)21-12-6-7-13-21/h1-5,8-11H,6-7,12-13,19H2/b17-16+. The first-order chi connectivity index (χ1) is 10.8. The maximum absolute atomic E-state index is 12.9. The number of carbonyl (C=O) groups is 1. The second-order valence-electron chi connectivity index (χ2n) is 5.37. The van der Waals surface area contributed by atoms with Gasteiger partial charge in [0.25, 0.3) is 5.91 Å². The van der Waals surface area contributed by atoms with Gasteiger partial charge in [0, 0.05) is 19.3 Å². The Morgan fingerprint density at radius 3 is 2.32 bits per heavy atom. The Bertz CT molecular complexity index is 674. The van der Waals surface area contributed by atoms with Crippen LogP contribution < -0.4 is 5.73 Å². The largest absolute Gasteiger partial charge is 0.398 e. The summed E-state index contributed by atoms with van der Waals surface area (Å²) in [7, 11) is 0. The number of nitrogens with zero attached hydrogens (tertiary/aromatic N) is 2. The predicted molar refractivity (Wildman–Crippen MR) is 87.5 cm³/mol. The average Bonchev–Trinajstić information content (AvgIpc) is 3.11. The Kier molecular flexibility index (Phi) is 4.19. The second-order valence-corrected chi connectivity index (χ2v) is 5.37. The molecule has 0 saturated carbocycles. The number of rotatable bonds is 3. The Morgan fingerprint density at radius 1 is 1.00 bits per heavy atom. The van der Waals surface area contributed by atoms with Crippen molar-refractivity contribution in [3.8, 4) is 0 Å². The zero-order valence-electron chi connectivity index (χ0n) is 12.4. The maximum atomic E-state index is 12.9. The molecule has 22 heavy (non-hydrogen) atoms. The molecular formula is C18H19N3O. The van der Waals surface area contributed by atoms with Gasteiger partial charge in [-0.05, 0) is 30.5 Å². The molecule has 1 aliphatic rings. The molecule has 1 aliphatic heterocycles. The molecular weight excluding hydrogens is 274 g/mol. The molecule has 4 heteroatoms. The van der Waals surface area contributed by atoms with Crippen molar-refractivity contribution in [2.45, 2.75) is 12.8 Å². The quantitative estimate of drug-likeness (QED) is 0.885. The fourth-order valence-corrected chi connectivity index (χ4v) is 2.71. The highest BCUT2D eigenvalue weighted by Crippen LogP contribution is 2.25. The van der Waals surface area contributed by atoms with Gasteiger partial charge in [-0.25, -0.2) is 0 Å². The SMILES string of the molecule is N/C(=C(/C(=O)N1CCCC1)c1ccccn1)c1ccccc1. The Balaban J connectivity index is 2.08. The van der Waals surface area contributed by atoms with Gasteiger partial charge < -0.3 is 10.6 Å². The minimum Gasteiger partial charge on any atom is -0.398 e. The number of carbonyl (C=O) groups excluding carboxylic acids is 1. The summed E-state index contributed by atoms with van der Waals surface area (Å²) in [6.07, 6.45) is 3.78. The summed E-state index contributed by atoms with van der Waals surface area (Å²) in [5, 5.41) is 0. The second kappa shape index (κ2) is 6.43. The summed E-state index contributed by atoms with van der Waals surface area (Å²) < 4.78 is 0. The van der Waals surface area contributed by atoms with Crippen molar-refractivity contribution in [2.24, 2.45) is 5.73 Å². The molecule has 0 bridgehead atoms. The number of likely N-dealkylation sites (tertiary alicyclic amines) is 1. The first kappa shape index (κ1) is 14.3. The molecule has 2 aromatic rings. The minimum absolute atomic E-state index is 0.0300. The van der Waals surface area contributed by atoms with Crippen LogP contribution in [0.2, 0.25) is 0 Å². The van der Waals surface area contributed by atoms with Gasteiger partial charge in [0.05, 0.1) is 17.0 Å². The zero-order valence-corrected chi connectivity index (χ0v) is 12.4. The van der Waals surface area contributed by atoms with Crippen molar-refractivity contribution >= 4 is 17.2 Å². The number of hydrogen-bond acceptors (Lipinski definition) is 3. The molecule has 112 valence electrons. The lowest BCUT2D eigenvalue weighted by Crippen LogP contribution is -2.30. The van der Waals surface area contributed by atoms with E-state index >= 15 is 0 Å². The molecule has 1 fully saturated rings. The van der Waals surface area contributed by atoms with Gasteiger partial charge in [0.2, 0.25) is 0 Å². The van der Waals surface area contributed by atoms with Gasteiger partial charge in [0.1, 0.15) is 0 Å². The fourth-order valence-electron chi connectivity index (χ4n) is 2.71. The smallest absolute Gasteiger partial charge is 0.258 e. The van der Waals surface area contributed by atoms with Gasteiger partial charge in [-0.2, -0.15) is 0 Å². The van der Waals surface area contributed by atoms with Gasteiger partial charge in [-0.15, -0.1) is 0 Å². The lowest BCUT2D eigenvalue weighted by atomic mass is 10.0. The molecule has 0 spiro atoms. The molecule has 1 aromatic carbocycles. The summed E-state index contributed by atoms with van der Waals surface area (Å²) in [5.74, 6) is -0.0300. The number of benzene rings is 1. The van der Waals surface area contributed by atoms with E-state index in [1.165, 1.54) is 0 Å². The first-order valence-corrected chi connectivity index (χ1v) is 7.53. The van der Waals surface area contributed by atoms with E-state index in [4.69, 9.17) is 5.73 Å². The highest BCUT2D eigenvalue weighted by Gasteiger charge is 2.25. The lowest BCUT2D eigenvalue weighted by Gasteiger charge is -2.19. The van der Waals surface area contributed by atoms with Crippen LogP contribution >= 0.6 is 0 Å². The van der Waals surface area contributed by atoms with Crippen LogP contribution in [0, 0.1) is 0 Å². The molecule has 1 aromatic heterocycles. The van der Waals surface area contributed by atoms with E-state index in [-0.39, 0.29) is 5.91 Å². The molecule has 2 heterocycles. The number of amides is 1. The van der Waals surface area contributed by atoms with Crippen molar-refractivity contribution in [2.75, 3.05) is 13.1 Å². The third kappa shape index (κ3) is 2.86. The van der Waals surface area contributed by atoms with Crippen LogP contribution in [0.15, 0.2) is 54.7 Å². The van der Waals surface area contributed by atoms with Gasteiger partial charge in [0.15, 0.2) is 0 Å². The molecule has 4 nitrogen and oxygen atoms in total. The number of nitrogens with two attached hydrogens (primary N) is 1. The Labute approximate surface area is 130 Å². The first-order valence-electron chi connectivity index (χ1n) is 7.53. The van der Waals surface area contributed by atoms with Crippen LogP contribution in [0.25, 0.3) is 11.3 Å². The van der Waals surface area contributed by atoms with Gasteiger partial charge in [-0.1, -0.05) is 36.4 Å². The topological polar surface area (TPSA) is 59.2 Å². The Hall–Kier alpha value is -2.62. The van der Waals surface area contributed by atoms with Crippen LogP contribution in [-0.4, -0.2) is 28.9 Å². The zero-order chi connectivity index (χ0) is 15.4. The number of hydrogen-bond donors (Lipinski definition) is 1.